The van der Waals surface area contributed by atoms with Crippen molar-refractivity contribution < 1.29 is 0 Å². The first-order valence-electron chi connectivity index (χ1n) is 10.6. The van der Waals surface area contributed by atoms with Gasteiger partial charge >= 0.3 is 0 Å². The lowest BCUT2D eigenvalue weighted by molar-refractivity contribution is 0.373. The molecule has 0 bridgehead atoms. The van der Waals surface area contributed by atoms with Crippen molar-refractivity contribution in [1.29, 1.82) is 5.26 Å². The molecule has 1 fully saturated rings. The monoisotopic (exact) mass is 406 g/mol. The Morgan fingerprint density at radius 2 is 1.90 bits per heavy atom. The Morgan fingerprint density at radius 1 is 1.06 bits per heavy atom. The summed E-state index contributed by atoms with van der Waals surface area (Å²) in [6, 6.07) is 19.4. The van der Waals surface area contributed by atoms with E-state index in [0.29, 0.717) is 17.6 Å². The van der Waals surface area contributed by atoms with Crippen LogP contribution in [0.15, 0.2) is 67.1 Å². The summed E-state index contributed by atoms with van der Waals surface area (Å²) >= 11 is 0. The number of nitrogens with two attached hydrogens (primary N) is 1. The number of benzene rings is 2. The fourth-order valence-electron chi connectivity index (χ4n) is 4.65. The van der Waals surface area contributed by atoms with Gasteiger partial charge in [0.15, 0.2) is 5.82 Å². The van der Waals surface area contributed by atoms with Gasteiger partial charge in [-0.15, -0.1) is 0 Å². The third-order valence-electron chi connectivity index (χ3n) is 6.34. The van der Waals surface area contributed by atoms with Crippen LogP contribution in [0.4, 0.5) is 5.69 Å². The van der Waals surface area contributed by atoms with Crippen molar-refractivity contribution in [1.82, 2.24) is 14.1 Å². The number of hydrogen-bond donors (Lipinski definition) is 2. The summed E-state index contributed by atoms with van der Waals surface area (Å²) in [5, 5.41) is 12.7. The van der Waals surface area contributed by atoms with E-state index in [0.717, 1.165) is 53.4 Å². The fraction of sp³-hybridized carbons (Fsp3) is 0.200. The number of aromatic nitrogens is 3. The third kappa shape index (κ3) is 3.02. The summed E-state index contributed by atoms with van der Waals surface area (Å²) in [7, 11) is 0. The summed E-state index contributed by atoms with van der Waals surface area (Å²) in [6.45, 7) is 0.768. The summed E-state index contributed by atoms with van der Waals surface area (Å²) in [6.07, 6.45) is 8.11. The summed E-state index contributed by atoms with van der Waals surface area (Å²) in [4.78, 5) is 4.66. The van der Waals surface area contributed by atoms with E-state index in [-0.39, 0.29) is 0 Å². The number of nitriles is 1. The number of nitrogens with one attached hydrogen (secondary N) is 1. The first kappa shape index (κ1) is 18.0. The quantitative estimate of drug-likeness (QED) is 0.472. The normalized spacial score (nSPS) is 18.7. The molecule has 0 spiro atoms. The molecule has 0 amide bonds. The van der Waals surface area contributed by atoms with Gasteiger partial charge in [0.25, 0.3) is 0 Å². The van der Waals surface area contributed by atoms with Crippen molar-refractivity contribution in [2.45, 2.75) is 31.5 Å². The molecule has 31 heavy (non-hydrogen) atoms. The number of anilines is 1. The molecule has 6 heteroatoms. The van der Waals surface area contributed by atoms with Gasteiger partial charge in [0, 0.05) is 48.5 Å². The SMILES string of the molecule is N#Cc1ccc(-c2cc3n(c2)Cc2cc(NC4CC(N)C4)ccc2-n2ccnc2-3)cc1. The lowest BCUT2D eigenvalue weighted by Gasteiger charge is -2.34. The number of fused-ring (bicyclic) bond motifs is 5. The minimum absolute atomic E-state index is 0.329. The first-order valence-corrected chi connectivity index (χ1v) is 10.6. The highest BCUT2D eigenvalue weighted by Gasteiger charge is 2.26. The van der Waals surface area contributed by atoms with Gasteiger partial charge in [0.2, 0.25) is 0 Å². The molecule has 1 aliphatic heterocycles. The van der Waals surface area contributed by atoms with E-state index < -0.39 is 0 Å². The molecule has 2 aliphatic rings. The standard InChI is InChI=1S/C25H22N6/c26-13-16-1-3-17(4-2-16)18-10-24-25-28-7-8-31(25)23-6-5-21(29-22-11-20(27)12-22)9-19(23)15-30(24)14-18/h1-10,14,20,22,29H,11-12,15,27H2. The molecule has 6 nitrogen and oxygen atoms in total. The van der Waals surface area contributed by atoms with Gasteiger partial charge in [0.1, 0.15) is 0 Å². The molecule has 3 heterocycles. The van der Waals surface area contributed by atoms with E-state index >= 15 is 0 Å². The van der Waals surface area contributed by atoms with Gasteiger partial charge in [-0.25, -0.2) is 4.98 Å². The van der Waals surface area contributed by atoms with E-state index in [1.165, 1.54) is 5.56 Å². The molecule has 0 unspecified atom stereocenters. The van der Waals surface area contributed by atoms with E-state index in [2.05, 4.69) is 56.0 Å². The van der Waals surface area contributed by atoms with Crippen molar-refractivity contribution in [3.05, 3.63) is 78.2 Å². The summed E-state index contributed by atoms with van der Waals surface area (Å²) < 4.78 is 4.43. The molecule has 0 radical (unpaired) electrons. The lowest BCUT2D eigenvalue weighted by atomic mass is 9.87. The Hall–Kier alpha value is -3.82. The van der Waals surface area contributed by atoms with Crippen LogP contribution in [0.2, 0.25) is 0 Å². The van der Waals surface area contributed by atoms with E-state index in [9.17, 15) is 0 Å². The molecule has 1 saturated carbocycles. The highest BCUT2D eigenvalue weighted by atomic mass is 15.1. The average Bonchev–Trinajstić information content (AvgIpc) is 3.38. The number of imidazole rings is 1. The zero-order chi connectivity index (χ0) is 20.9. The van der Waals surface area contributed by atoms with Crippen LogP contribution in [0.5, 0.6) is 0 Å². The topological polar surface area (TPSA) is 84.6 Å². The minimum Gasteiger partial charge on any atom is -0.382 e. The molecule has 2 aromatic heterocycles. The smallest absolute Gasteiger partial charge is 0.161 e. The van der Waals surface area contributed by atoms with Crippen LogP contribution < -0.4 is 11.1 Å². The number of rotatable bonds is 3. The molecule has 0 atom stereocenters. The van der Waals surface area contributed by atoms with Crippen LogP contribution in [-0.2, 0) is 6.54 Å². The average molecular weight is 406 g/mol. The maximum atomic E-state index is 9.07. The number of nitrogens with zero attached hydrogens (tertiary/aromatic N) is 4. The van der Waals surface area contributed by atoms with Crippen LogP contribution in [0, 0.1) is 11.3 Å². The van der Waals surface area contributed by atoms with Crippen LogP contribution in [-0.4, -0.2) is 26.2 Å². The highest BCUT2D eigenvalue weighted by molar-refractivity contribution is 5.72. The van der Waals surface area contributed by atoms with Gasteiger partial charge in [0.05, 0.1) is 23.0 Å². The fourth-order valence-corrected chi connectivity index (χ4v) is 4.65. The number of hydrogen-bond acceptors (Lipinski definition) is 4. The Kier molecular flexibility index (Phi) is 3.98. The largest absolute Gasteiger partial charge is 0.382 e. The third-order valence-corrected chi connectivity index (χ3v) is 6.34. The molecule has 0 saturated heterocycles. The summed E-state index contributed by atoms with van der Waals surface area (Å²) in [5.74, 6) is 0.935. The van der Waals surface area contributed by atoms with Crippen LogP contribution in [0.25, 0.3) is 28.3 Å². The minimum atomic E-state index is 0.329. The molecular weight excluding hydrogens is 384 g/mol. The zero-order valence-corrected chi connectivity index (χ0v) is 17.0. The van der Waals surface area contributed by atoms with Crippen molar-refractivity contribution in [3.63, 3.8) is 0 Å². The van der Waals surface area contributed by atoms with Crippen molar-refractivity contribution >= 4 is 5.69 Å². The highest BCUT2D eigenvalue weighted by Crippen LogP contribution is 2.35. The summed E-state index contributed by atoms with van der Waals surface area (Å²) in [5.41, 5.74) is 13.5. The Labute approximate surface area is 180 Å². The second kappa shape index (κ2) is 6.86. The molecule has 152 valence electrons. The van der Waals surface area contributed by atoms with E-state index in [4.69, 9.17) is 11.0 Å². The second-order valence-corrected chi connectivity index (χ2v) is 8.47. The molecule has 3 N–H and O–H groups in total. The van der Waals surface area contributed by atoms with Gasteiger partial charge in [-0.2, -0.15) is 5.26 Å². The Morgan fingerprint density at radius 3 is 2.68 bits per heavy atom. The van der Waals surface area contributed by atoms with Crippen molar-refractivity contribution in [3.8, 4) is 34.4 Å². The Bertz CT molecular complexity index is 1320. The van der Waals surface area contributed by atoms with Gasteiger partial charge < -0.3 is 15.6 Å². The predicted octanol–water partition coefficient (Wildman–Crippen LogP) is 4.14. The van der Waals surface area contributed by atoms with Gasteiger partial charge in [-0.1, -0.05) is 12.1 Å². The van der Waals surface area contributed by atoms with Crippen molar-refractivity contribution in [2.75, 3.05) is 5.32 Å². The molecule has 1 aliphatic carbocycles. The molecule has 2 aromatic carbocycles. The molecule has 4 aromatic rings. The molecule has 6 rings (SSSR count). The Balaban J connectivity index is 1.40. The van der Waals surface area contributed by atoms with Gasteiger partial charge in [-0.05, 0) is 60.4 Å². The maximum absolute atomic E-state index is 9.07. The van der Waals surface area contributed by atoms with E-state index in [1.807, 2.05) is 36.7 Å². The van der Waals surface area contributed by atoms with Crippen LogP contribution >= 0.6 is 0 Å². The maximum Gasteiger partial charge on any atom is 0.161 e. The van der Waals surface area contributed by atoms with E-state index in [1.54, 1.807) is 0 Å². The zero-order valence-electron chi connectivity index (χ0n) is 17.0. The van der Waals surface area contributed by atoms with Crippen molar-refractivity contribution in [2.24, 2.45) is 5.73 Å². The lowest BCUT2D eigenvalue weighted by Crippen LogP contribution is -2.44. The van der Waals surface area contributed by atoms with Gasteiger partial charge in [-0.3, -0.25) is 4.57 Å². The van der Waals surface area contributed by atoms with Crippen LogP contribution in [0.3, 0.4) is 0 Å². The second-order valence-electron chi connectivity index (χ2n) is 8.47. The first-order chi connectivity index (χ1) is 15.2. The molecular formula is C25H22N6. The van der Waals surface area contributed by atoms with Crippen LogP contribution in [0.1, 0.15) is 24.0 Å². The predicted molar refractivity (Wildman–Crippen MR) is 121 cm³/mol.